The van der Waals surface area contributed by atoms with E-state index in [4.69, 9.17) is 0 Å². The van der Waals surface area contributed by atoms with Crippen molar-refractivity contribution in [2.24, 2.45) is 0 Å². The predicted octanol–water partition coefficient (Wildman–Crippen LogP) is -0.0562. The minimum Gasteiger partial charge on any atom is -0.293 e. The van der Waals surface area contributed by atoms with Gasteiger partial charge in [0, 0.05) is 12.7 Å². The lowest BCUT2D eigenvalue weighted by Crippen LogP contribution is -2.05. The number of hydrogen-bond donors (Lipinski definition) is 1. The van der Waals surface area contributed by atoms with E-state index in [-0.39, 0.29) is 0 Å². The van der Waals surface area contributed by atoms with Gasteiger partial charge < -0.3 is 0 Å². The van der Waals surface area contributed by atoms with Gasteiger partial charge in [0.05, 0.1) is 12.4 Å². The molecule has 8 heavy (non-hydrogen) atoms. The molecule has 0 aromatic carbocycles. The summed E-state index contributed by atoms with van der Waals surface area (Å²) in [5.41, 5.74) is 1.28. The highest BCUT2D eigenvalue weighted by Crippen LogP contribution is 2.01. The Morgan fingerprint density at radius 2 is 2.75 bits per heavy atom. The number of rotatable bonds is 0. The largest absolute Gasteiger partial charge is 0.293 e. The molecule has 3 nitrogen and oxygen atoms in total. The molecule has 3 heteroatoms. The average molecular weight is 109 g/mol. The molecule has 1 aromatic rings. The van der Waals surface area contributed by atoms with Gasteiger partial charge in [-0.2, -0.15) is 5.10 Å². The van der Waals surface area contributed by atoms with Crippen molar-refractivity contribution in [3.63, 3.8) is 0 Å². The van der Waals surface area contributed by atoms with Crippen LogP contribution in [0.1, 0.15) is 5.69 Å². The minimum absolute atomic E-state index is 0.877. The highest BCUT2D eigenvalue weighted by atomic mass is 15.4. The second-order valence-electron chi connectivity index (χ2n) is 1.91. The molecular weight excluding hydrogens is 102 g/mol. The van der Waals surface area contributed by atoms with Crippen LogP contribution >= 0.6 is 0 Å². The molecule has 0 amide bonds. The molecule has 0 fully saturated rings. The predicted molar refractivity (Wildman–Crippen MR) is 29.1 cm³/mol. The number of fused-ring (bicyclic) bond motifs is 1. The van der Waals surface area contributed by atoms with Gasteiger partial charge in [0.2, 0.25) is 0 Å². The van der Waals surface area contributed by atoms with E-state index in [0.717, 1.165) is 13.2 Å². The van der Waals surface area contributed by atoms with Crippen molar-refractivity contribution in [2.75, 3.05) is 0 Å². The SMILES string of the molecule is c1cc2n(n1)CNC2. The average Bonchev–Trinajstić information content (AvgIpc) is 2.15. The third-order valence-corrected chi connectivity index (χ3v) is 1.37. The standard InChI is InChI=1S/C5H7N3/c1-2-7-8-4-6-3-5(1)8/h1-2,6H,3-4H2. The first-order valence-corrected chi connectivity index (χ1v) is 2.68. The van der Waals surface area contributed by atoms with Gasteiger partial charge in [-0.05, 0) is 6.07 Å². The van der Waals surface area contributed by atoms with Gasteiger partial charge in [-0.15, -0.1) is 0 Å². The summed E-state index contributed by atoms with van der Waals surface area (Å²) in [6.07, 6.45) is 1.83. The first-order valence-electron chi connectivity index (χ1n) is 2.68. The first kappa shape index (κ1) is 4.09. The van der Waals surface area contributed by atoms with Gasteiger partial charge in [-0.3, -0.25) is 10.00 Å². The van der Waals surface area contributed by atoms with Gasteiger partial charge in [0.25, 0.3) is 0 Å². The Morgan fingerprint density at radius 3 is 3.62 bits per heavy atom. The molecule has 1 aliphatic heterocycles. The molecule has 0 unspecified atom stereocenters. The van der Waals surface area contributed by atoms with Gasteiger partial charge in [-0.1, -0.05) is 0 Å². The molecule has 1 aliphatic rings. The molecular formula is C5H7N3. The number of nitrogens with one attached hydrogen (secondary N) is 1. The lowest BCUT2D eigenvalue weighted by Gasteiger charge is -1.87. The fraction of sp³-hybridized carbons (Fsp3) is 0.400. The Labute approximate surface area is 47.3 Å². The Bertz CT molecular complexity index is 173. The lowest BCUT2D eigenvalue weighted by atomic mass is 10.5. The fourth-order valence-corrected chi connectivity index (χ4v) is 0.942. The van der Waals surface area contributed by atoms with E-state index in [2.05, 4.69) is 10.4 Å². The van der Waals surface area contributed by atoms with Crippen LogP contribution in [0, 0.1) is 0 Å². The van der Waals surface area contributed by atoms with E-state index in [9.17, 15) is 0 Å². The quantitative estimate of drug-likeness (QED) is 0.506. The van der Waals surface area contributed by atoms with Crippen molar-refractivity contribution in [2.45, 2.75) is 13.2 Å². The monoisotopic (exact) mass is 109 g/mol. The van der Waals surface area contributed by atoms with E-state index in [1.54, 1.807) is 0 Å². The molecule has 1 aromatic heterocycles. The van der Waals surface area contributed by atoms with E-state index in [1.165, 1.54) is 5.69 Å². The lowest BCUT2D eigenvalue weighted by molar-refractivity contribution is 0.600. The highest BCUT2D eigenvalue weighted by molar-refractivity contribution is 5.02. The van der Waals surface area contributed by atoms with E-state index < -0.39 is 0 Å². The smallest absolute Gasteiger partial charge is 0.0910 e. The number of aromatic nitrogens is 2. The zero-order chi connectivity index (χ0) is 5.40. The van der Waals surface area contributed by atoms with Crippen LogP contribution in [-0.2, 0) is 13.2 Å². The van der Waals surface area contributed by atoms with Crippen LogP contribution in [0.25, 0.3) is 0 Å². The maximum absolute atomic E-state index is 4.05. The second kappa shape index (κ2) is 1.32. The van der Waals surface area contributed by atoms with E-state index in [0.29, 0.717) is 0 Å². The zero-order valence-corrected chi connectivity index (χ0v) is 4.46. The Balaban J connectivity index is 2.54. The molecule has 0 saturated heterocycles. The van der Waals surface area contributed by atoms with Crippen LogP contribution in [-0.4, -0.2) is 9.78 Å². The van der Waals surface area contributed by atoms with Crippen molar-refractivity contribution < 1.29 is 0 Å². The summed E-state index contributed by atoms with van der Waals surface area (Å²) in [5, 5.41) is 7.22. The second-order valence-corrected chi connectivity index (χ2v) is 1.91. The summed E-state index contributed by atoms with van der Waals surface area (Å²) < 4.78 is 1.96. The molecule has 42 valence electrons. The van der Waals surface area contributed by atoms with Crippen molar-refractivity contribution in [1.29, 1.82) is 0 Å². The van der Waals surface area contributed by atoms with Crippen LogP contribution in [0.2, 0.25) is 0 Å². The summed E-state index contributed by atoms with van der Waals surface area (Å²) in [6, 6.07) is 2.03. The molecule has 0 radical (unpaired) electrons. The fourth-order valence-electron chi connectivity index (χ4n) is 0.942. The topological polar surface area (TPSA) is 29.9 Å². The van der Waals surface area contributed by atoms with Crippen molar-refractivity contribution in [3.05, 3.63) is 18.0 Å². The van der Waals surface area contributed by atoms with Crippen LogP contribution in [0.3, 0.4) is 0 Å². The Hall–Kier alpha value is -0.830. The van der Waals surface area contributed by atoms with E-state index in [1.807, 2.05) is 16.9 Å². The zero-order valence-electron chi connectivity index (χ0n) is 4.46. The van der Waals surface area contributed by atoms with Crippen molar-refractivity contribution in [1.82, 2.24) is 15.1 Å². The van der Waals surface area contributed by atoms with Gasteiger partial charge in [-0.25, -0.2) is 0 Å². The Morgan fingerprint density at radius 1 is 1.75 bits per heavy atom. The molecule has 0 aliphatic carbocycles. The highest BCUT2D eigenvalue weighted by Gasteiger charge is 2.06. The Kier molecular flexibility index (Phi) is 0.676. The van der Waals surface area contributed by atoms with E-state index >= 15 is 0 Å². The summed E-state index contributed by atoms with van der Waals surface area (Å²) in [4.78, 5) is 0. The van der Waals surface area contributed by atoms with Crippen LogP contribution in [0.4, 0.5) is 0 Å². The van der Waals surface area contributed by atoms with Gasteiger partial charge in [0.1, 0.15) is 0 Å². The third kappa shape index (κ3) is 0.391. The number of nitrogens with zero attached hydrogens (tertiary/aromatic N) is 2. The minimum atomic E-state index is 0.877. The summed E-state index contributed by atoms with van der Waals surface area (Å²) >= 11 is 0. The number of hydrogen-bond acceptors (Lipinski definition) is 2. The normalized spacial score (nSPS) is 16.5. The molecule has 2 heterocycles. The molecule has 1 N–H and O–H groups in total. The molecule has 0 bridgehead atoms. The summed E-state index contributed by atoms with van der Waals surface area (Å²) in [7, 11) is 0. The van der Waals surface area contributed by atoms with Crippen LogP contribution in [0.15, 0.2) is 12.3 Å². The first-order chi connectivity index (χ1) is 3.97. The van der Waals surface area contributed by atoms with Crippen molar-refractivity contribution in [3.8, 4) is 0 Å². The van der Waals surface area contributed by atoms with Crippen LogP contribution in [0.5, 0.6) is 0 Å². The van der Waals surface area contributed by atoms with Gasteiger partial charge in [0.15, 0.2) is 0 Å². The van der Waals surface area contributed by atoms with Crippen LogP contribution < -0.4 is 5.32 Å². The summed E-state index contributed by atoms with van der Waals surface area (Å²) in [5.74, 6) is 0. The summed E-state index contributed by atoms with van der Waals surface area (Å²) in [6.45, 7) is 1.85. The van der Waals surface area contributed by atoms with Gasteiger partial charge >= 0.3 is 0 Å². The maximum atomic E-state index is 4.05. The third-order valence-electron chi connectivity index (χ3n) is 1.37. The maximum Gasteiger partial charge on any atom is 0.0910 e. The molecule has 0 spiro atoms. The van der Waals surface area contributed by atoms with Crippen molar-refractivity contribution >= 4 is 0 Å². The molecule has 0 saturated carbocycles. The molecule has 2 rings (SSSR count). The molecule has 0 atom stereocenters.